The van der Waals surface area contributed by atoms with Gasteiger partial charge in [-0.25, -0.2) is 0 Å². The van der Waals surface area contributed by atoms with E-state index in [1.165, 1.54) is 6.92 Å². The van der Waals surface area contributed by atoms with Gasteiger partial charge >= 0.3 is 17.9 Å². The van der Waals surface area contributed by atoms with Crippen LogP contribution < -0.4 is 0 Å². The summed E-state index contributed by atoms with van der Waals surface area (Å²) in [5.41, 5.74) is 0.700. The Morgan fingerprint density at radius 2 is 1.57 bits per heavy atom. The number of allylic oxidation sites excluding steroid dienone is 2. The average Bonchev–Trinajstić information content (AvgIpc) is 2.48. The zero-order chi connectivity index (χ0) is 17.6. The van der Waals surface area contributed by atoms with E-state index in [1.807, 2.05) is 6.92 Å². The van der Waals surface area contributed by atoms with E-state index in [1.54, 1.807) is 13.8 Å². The SMILES string of the molecule is C=C1CC(C(=O)OCC)(C(=O)OCC)CC(COC(C)=O)=C1C. The summed E-state index contributed by atoms with van der Waals surface area (Å²) >= 11 is 0. The van der Waals surface area contributed by atoms with Gasteiger partial charge in [0.15, 0.2) is 5.41 Å². The van der Waals surface area contributed by atoms with Gasteiger partial charge < -0.3 is 14.2 Å². The molecule has 0 spiro atoms. The molecular formula is C17H24O6. The Bertz CT molecular complexity index is 525. The number of rotatable bonds is 6. The van der Waals surface area contributed by atoms with Crippen molar-refractivity contribution in [2.45, 2.75) is 40.5 Å². The highest BCUT2D eigenvalue weighted by molar-refractivity contribution is 6.01. The van der Waals surface area contributed by atoms with Crippen LogP contribution >= 0.6 is 0 Å². The minimum absolute atomic E-state index is 0.0146. The van der Waals surface area contributed by atoms with Crippen molar-refractivity contribution >= 4 is 17.9 Å². The molecule has 0 fully saturated rings. The van der Waals surface area contributed by atoms with Crippen LogP contribution in [-0.4, -0.2) is 37.7 Å². The molecule has 23 heavy (non-hydrogen) atoms. The summed E-state index contributed by atoms with van der Waals surface area (Å²) in [4.78, 5) is 36.0. The van der Waals surface area contributed by atoms with Crippen molar-refractivity contribution in [3.05, 3.63) is 23.3 Å². The van der Waals surface area contributed by atoms with E-state index in [-0.39, 0.29) is 32.7 Å². The Balaban J connectivity index is 3.21. The molecule has 0 unspecified atom stereocenters. The predicted molar refractivity (Wildman–Crippen MR) is 83.4 cm³/mol. The van der Waals surface area contributed by atoms with Gasteiger partial charge in [0.25, 0.3) is 0 Å². The normalized spacial score (nSPS) is 16.8. The zero-order valence-electron chi connectivity index (χ0n) is 14.2. The highest BCUT2D eigenvalue weighted by atomic mass is 16.6. The lowest BCUT2D eigenvalue weighted by Crippen LogP contribution is -2.45. The smallest absolute Gasteiger partial charge is 0.324 e. The third-order valence-corrected chi connectivity index (χ3v) is 3.87. The first-order valence-corrected chi connectivity index (χ1v) is 7.63. The molecule has 6 heteroatoms. The number of carbonyl (C=O) groups excluding carboxylic acids is 3. The topological polar surface area (TPSA) is 78.9 Å². The number of hydrogen-bond donors (Lipinski definition) is 0. The maximum Gasteiger partial charge on any atom is 0.324 e. The molecule has 0 N–H and O–H groups in total. The standard InChI is InChI=1S/C17H24O6/c1-6-21-15(19)17(16(20)22-7-2)8-11(3)12(4)14(9-17)10-23-13(5)18/h3,6-10H2,1-2,4-5H3. The lowest BCUT2D eigenvalue weighted by molar-refractivity contribution is -0.172. The molecule has 0 atom stereocenters. The first-order valence-electron chi connectivity index (χ1n) is 7.63. The molecule has 0 saturated carbocycles. The highest BCUT2D eigenvalue weighted by Gasteiger charge is 2.52. The third kappa shape index (κ3) is 4.21. The number of esters is 3. The molecule has 1 aliphatic rings. The van der Waals surface area contributed by atoms with Crippen molar-refractivity contribution in [3.63, 3.8) is 0 Å². The van der Waals surface area contributed by atoms with Crippen LogP contribution in [0.25, 0.3) is 0 Å². The van der Waals surface area contributed by atoms with E-state index in [4.69, 9.17) is 14.2 Å². The van der Waals surface area contributed by atoms with Gasteiger partial charge in [0.2, 0.25) is 0 Å². The summed E-state index contributed by atoms with van der Waals surface area (Å²) < 4.78 is 15.2. The van der Waals surface area contributed by atoms with Gasteiger partial charge in [0.05, 0.1) is 13.2 Å². The van der Waals surface area contributed by atoms with Gasteiger partial charge in [-0.05, 0) is 44.8 Å². The van der Waals surface area contributed by atoms with Gasteiger partial charge in [0.1, 0.15) is 6.61 Å². The molecule has 0 bridgehead atoms. The largest absolute Gasteiger partial charge is 0.465 e. The van der Waals surface area contributed by atoms with Crippen molar-refractivity contribution in [2.24, 2.45) is 5.41 Å². The van der Waals surface area contributed by atoms with Crippen molar-refractivity contribution in [1.29, 1.82) is 0 Å². The Kier molecular flexibility index (Phi) is 6.54. The molecular weight excluding hydrogens is 300 g/mol. The second-order valence-corrected chi connectivity index (χ2v) is 5.49. The molecule has 0 aliphatic heterocycles. The van der Waals surface area contributed by atoms with E-state index in [0.717, 1.165) is 5.57 Å². The van der Waals surface area contributed by atoms with Gasteiger partial charge in [0, 0.05) is 6.92 Å². The molecule has 0 radical (unpaired) electrons. The van der Waals surface area contributed by atoms with Crippen LogP contribution in [0.5, 0.6) is 0 Å². The van der Waals surface area contributed by atoms with Gasteiger partial charge in [-0.2, -0.15) is 0 Å². The molecule has 0 saturated heterocycles. The first kappa shape index (κ1) is 18.9. The van der Waals surface area contributed by atoms with Crippen molar-refractivity contribution in [1.82, 2.24) is 0 Å². The maximum absolute atomic E-state index is 12.5. The van der Waals surface area contributed by atoms with Crippen molar-refractivity contribution in [2.75, 3.05) is 19.8 Å². The molecule has 1 rings (SSSR count). The lowest BCUT2D eigenvalue weighted by atomic mass is 9.70. The summed E-state index contributed by atoms with van der Waals surface area (Å²) in [6.07, 6.45) is 0.239. The van der Waals surface area contributed by atoms with E-state index in [2.05, 4.69) is 6.58 Å². The van der Waals surface area contributed by atoms with Crippen LogP contribution in [0.3, 0.4) is 0 Å². The van der Waals surface area contributed by atoms with Gasteiger partial charge in [-0.1, -0.05) is 12.2 Å². The molecule has 6 nitrogen and oxygen atoms in total. The average molecular weight is 324 g/mol. The quantitative estimate of drug-likeness (QED) is 0.424. The van der Waals surface area contributed by atoms with E-state index in [9.17, 15) is 14.4 Å². The Hall–Kier alpha value is -2.11. The van der Waals surface area contributed by atoms with Crippen LogP contribution in [-0.2, 0) is 28.6 Å². The molecule has 0 amide bonds. The second kappa shape index (κ2) is 7.94. The molecule has 128 valence electrons. The number of hydrogen-bond acceptors (Lipinski definition) is 6. The Labute approximate surface area is 136 Å². The molecule has 0 heterocycles. The summed E-state index contributed by atoms with van der Waals surface area (Å²) in [5.74, 6) is -1.70. The fourth-order valence-electron chi connectivity index (χ4n) is 2.56. The van der Waals surface area contributed by atoms with Crippen molar-refractivity contribution < 1.29 is 28.6 Å². The molecule has 0 aromatic rings. The number of ether oxygens (including phenoxy) is 3. The molecule has 0 aromatic carbocycles. The van der Waals surface area contributed by atoms with Crippen LogP contribution in [0.2, 0.25) is 0 Å². The summed E-state index contributed by atoms with van der Waals surface area (Å²) in [6.45, 7) is 10.8. The minimum atomic E-state index is -1.46. The summed E-state index contributed by atoms with van der Waals surface area (Å²) in [7, 11) is 0. The minimum Gasteiger partial charge on any atom is -0.465 e. The van der Waals surface area contributed by atoms with E-state index in [0.29, 0.717) is 11.1 Å². The maximum atomic E-state index is 12.5. The van der Waals surface area contributed by atoms with Crippen molar-refractivity contribution in [3.8, 4) is 0 Å². The number of carbonyl (C=O) groups is 3. The van der Waals surface area contributed by atoms with Crippen LogP contribution in [0.15, 0.2) is 23.3 Å². The zero-order valence-corrected chi connectivity index (χ0v) is 14.2. The molecule has 1 aliphatic carbocycles. The second-order valence-electron chi connectivity index (χ2n) is 5.49. The molecule has 0 aromatic heterocycles. The summed E-state index contributed by atoms with van der Waals surface area (Å²) in [5, 5.41) is 0. The van der Waals surface area contributed by atoms with Gasteiger partial charge in [-0.3, -0.25) is 14.4 Å². The lowest BCUT2D eigenvalue weighted by Gasteiger charge is -2.35. The first-order chi connectivity index (χ1) is 10.8. The Morgan fingerprint density at radius 1 is 1.04 bits per heavy atom. The fourth-order valence-corrected chi connectivity index (χ4v) is 2.56. The van der Waals surface area contributed by atoms with Crippen LogP contribution in [0.4, 0.5) is 0 Å². The fraction of sp³-hybridized carbons (Fsp3) is 0.588. The summed E-state index contributed by atoms with van der Waals surface area (Å²) in [6, 6.07) is 0. The third-order valence-electron chi connectivity index (χ3n) is 3.87. The Morgan fingerprint density at radius 3 is 2.00 bits per heavy atom. The highest BCUT2D eigenvalue weighted by Crippen LogP contribution is 2.43. The predicted octanol–water partition coefficient (Wildman–Crippen LogP) is 2.33. The monoisotopic (exact) mass is 324 g/mol. The van der Waals surface area contributed by atoms with E-state index >= 15 is 0 Å². The van der Waals surface area contributed by atoms with Gasteiger partial charge in [-0.15, -0.1) is 0 Å². The van der Waals surface area contributed by atoms with E-state index < -0.39 is 23.3 Å². The van der Waals surface area contributed by atoms with Crippen LogP contribution in [0.1, 0.15) is 40.5 Å². The van der Waals surface area contributed by atoms with Crippen LogP contribution in [0, 0.1) is 5.41 Å².